The molecule has 0 spiro atoms. The summed E-state index contributed by atoms with van der Waals surface area (Å²) >= 11 is 0. The van der Waals surface area contributed by atoms with E-state index in [1.165, 1.54) is 20.3 Å². The maximum Gasteiger partial charge on any atom is 0.306 e. The first-order valence-electron chi connectivity index (χ1n) is 11.0. The molecule has 9 nitrogen and oxygen atoms in total. The second kappa shape index (κ2) is 9.18. The lowest BCUT2D eigenvalue weighted by Crippen LogP contribution is -2.12. The molecule has 1 aromatic heterocycles. The van der Waals surface area contributed by atoms with Crippen molar-refractivity contribution in [1.29, 1.82) is 0 Å². The van der Waals surface area contributed by atoms with E-state index in [0.717, 1.165) is 6.07 Å². The molecule has 0 saturated heterocycles. The molecule has 0 aliphatic carbocycles. The van der Waals surface area contributed by atoms with Gasteiger partial charge in [0.25, 0.3) is 0 Å². The molecule has 0 bridgehead atoms. The number of phenols is 2. The Bertz CT molecular complexity index is 1520. The first kappa shape index (κ1) is 23.1. The fraction of sp³-hybridized carbons (Fsp3) is 0.185. The summed E-state index contributed by atoms with van der Waals surface area (Å²) in [5, 5.41) is 21.4. The lowest BCUT2D eigenvalue weighted by Gasteiger charge is -2.21. The van der Waals surface area contributed by atoms with Crippen molar-refractivity contribution >= 4 is 16.9 Å². The summed E-state index contributed by atoms with van der Waals surface area (Å²) < 4.78 is 27.5. The highest BCUT2D eigenvalue weighted by Crippen LogP contribution is 2.48. The van der Waals surface area contributed by atoms with Crippen molar-refractivity contribution in [3.8, 4) is 40.1 Å². The second-order valence-corrected chi connectivity index (χ2v) is 8.16. The van der Waals surface area contributed by atoms with Crippen LogP contribution in [0.3, 0.4) is 0 Å². The topological polar surface area (TPSA) is 125 Å². The van der Waals surface area contributed by atoms with Crippen molar-refractivity contribution in [3.63, 3.8) is 0 Å². The van der Waals surface area contributed by atoms with E-state index in [0.29, 0.717) is 28.4 Å². The summed E-state index contributed by atoms with van der Waals surface area (Å²) in [5.74, 6) is -0.831. The molecule has 1 unspecified atom stereocenters. The van der Waals surface area contributed by atoms with E-state index in [1.54, 1.807) is 36.4 Å². The number of fused-ring (bicyclic) bond motifs is 2. The Labute approximate surface area is 205 Å². The van der Waals surface area contributed by atoms with E-state index in [-0.39, 0.29) is 41.3 Å². The van der Waals surface area contributed by atoms with Crippen LogP contribution < -0.4 is 19.6 Å². The van der Waals surface area contributed by atoms with E-state index < -0.39 is 23.1 Å². The van der Waals surface area contributed by atoms with Crippen LogP contribution in [0.4, 0.5) is 0 Å². The zero-order valence-electron chi connectivity index (χ0n) is 19.4. The van der Waals surface area contributed by atoms with Gasteiger partial charge in [0.1, 0.15) is 28.2 Å². The maximum absolute atomic E-state index is 13.1. The van der Waals surface area contributed by atoms with E-state index in [9.17, 15) is 19.8 Å². The number of esters is 1. The molecular weight excluding hydrogens is 468 g/mol. The van der Waals surface area contributed by atoms with Crippen LogP contribution in [0.5, 0.6) is 28.7 Å². The normalized spacial score (nSPS) is 12.9. The number of rotatable bonds is 6. The van der Waals surface area contributed by atoms with E-state index in [4.69, 9.17) is 23.4 Å². The highest BCUT2D eigenvalue weighted by atomic mass is 16.7. The Morgan fingerprint density at radius 3 is 2.53 bits per heavy atom. The monoisotopic (exact) mass is 490 g/mol. The van der Waals surface area contributed by atoms with Crippen molar-refractivity contribution < 1.29 is 38.4 Å². The number of hydrogen-bond donors (Lipinski definition) is 2. The minimum absolute atomic E-state index is 0.000480. The Balaban J connectivity index is 1.81. The number of aromatic hydroxyl groups is 2. The number of carbonyl (C=O) groups excluding carboxylic acids is 1. The van der Waals surface area contributed by atoms with Crippen molar-refractivity contribution in [2.45, 2.75) is 12.3 Å². The van der Waals surface area contributed by atoms with Gasteiger partial charge < -0.3 is 33.6 Å². The Kier molecular flexibility index (Phi) is 5.89. The van der Waals surface area contributed by atoms with Crippen LogP contribution in [-0.2, 0) is 9.53 Å². The standard InChI is InChI=1S/C27H22O9/c1-32-21-8-15(9-22-26(21)35-13-34-22)16(10-23(31)33-2)24-17(28)11-18(29)25-19(30)12-20(36-27(24)25)14-6-4-3-5-7-14/h3-9,11-12,16,28-29H,10,13H2,1-2H3. The smallest absolute Gasteiger partial charge is 0.306 e. The molecule has 1 aliphatic heterocycles. The molecule has 0 saturated carbocycles. The van der Waals surface area contributed by atoms with Crippen LogP contribution in [0, 0.1) is 0 Å². The average Bonchev–Trinajstić information content (AvgIpc) is 3.36. The van der Waals surface area contributed by atoms with Crippen molar-refractivity contribution in [3.05, 3.63) is 75.9 Å². The summed E-state index contributed by atoms with van der Waals surface area (Å²) in [5.41, 5.74) is 0.707. The molecule has 3 aromatic carbocycles. The Morgan fingerprint density at radius 1 is 1.03 bits per heavy atom. The van der Waals surface area contributed by atoms with Gasteiger partial charge in [0.05, 0.1) is 20.6 Å². The van der Waals surface area contributed by atoms with E-state index in [2.05, 4.69) is 0 Å². The van der Waals surface area contributed by atoms with Crippen LogP contribution in [0.2, 0.25) is 0 Å². The zero-order chi connectivity index (χ0) is 25.4. The number of hydrogen-bond acceptors (Lipinski definition) is 9. The molecule has 0 fully saturated rings. The Hall–Kier alpha value is -4.66. The van der Waals surface area contributed by atoms with Gasteiger partial charge in [-0.2, -0.15) is 0 Å². The number of ether oxygens (including phenoxy) is 4. The molecule has 5 rings (SSSR count). The van der Waals surface area contributed by atoms with Crippen LogP contribution in [0.15, 0.2) is 63.8 Å². The molecule has 184 valence electrons. The van der Waals surface area contributed by atoms with E-state index >= 15 is 0 Å². The summed E-state index contributed by atoms with van der Waals surface area (Å²) in [6, 6.07) is 14.6. The Morgan fingerprint density at radius 2 is 1.81 bits per heavy atom. The van der Waals surface area contributed by atoms with E-state index in [1.807, 2.05) is 6.07 Å². The van der Waals surface area contributed by atoms with Crippen molar-refractivity contribution in [2.24, 2.45) is 0 Å². The van der Waals surface area contributed by atoms with Crippen LogP contribution in [0.25, 0.3) is 22.3 Å². The number of carbonyl (C=O) groups is 1. The molecule has 4 aromatic rings. The minimum Gasteiger partial charge on any atom is -0.507 e. The largest absolute Gasteiger partial charge is 0.507 e. The summed E-state index contributed by atoms with van der Waals surface area (Å²) in [6.45, 7) is -0.000480. The molecule has 2 N–H and O–H groups in total. The molecule has 1 atom stereocenters. The summed E-state index contributed by atoms with van der Waals surface area (Å²) in [7, 11) is 2.72. The fourth-order valence-corrected chi connectivity index (χ4v) is 4.39. The van der Waals surface area contributed by atoms with Gasteiger partial charge in [-0.1, -0.05) is 30.3 Å². The SMILES string of the molecule is COC(=O)CC(c1cc(OC)c2c(c1)OCO2)c1c(O)cc(O)c2c(=O)cc(-c3ccccc3)oc12. The van der Waals surface area contributed by atoms with Crippen molar-refractivity contribution in [1.82, 2.24) is 0 Å². The summed E-state index contributed by atoms with van der Waals surface area (Å²) in [4.78, 5) is 25.6. The molecule has 2 heterocycles. The lowest BCUT2D eigenvalue weighted by molar-refractivity contribution is -0.140. The third-order valence-corrected chi connectivity index (χ3v) is 6.09. The lowest BCUT2D eigenvalue weighted by atomic mass is 9.86. The summed E-state index contributed by atoms with van der Waals surface area (Å²) in [6.07, 6.45) is -0.216. The molecule has 9 heteroatoms. The van der Waals surface area contributed by atoms with Gasteiger partial charge in [0.15, 0.2) is 16.9 Å². The van der Waals surface area contributed by atoms with Gasteiger partial charge in [-0.15, -0.1) is 0 Å². The average molecular weight is 490 g/mol. The third-order valence-electron chi connectivity index (χ3n) is 6.09. The van der Waals surface area contributed by atoms with Gasteiger partial charge in [-0.3, -0.25) is 9.59 Å². The van der Waals surface area contributed by atoms with Crippen molar-refractivity contribution in [2.75, 3.05) is 21.0 Å². The highest BCUT2D eigenvalue weighted by Gasteiger charge is 2.31. The van der Waals surface area contributed by atoms with Gasteiger partial charge in [-0.25, -0.2) is 0 Å². The molecular formula is C27H22O9. The molecule has 1 aliphatic rings. The van der Waals surface area contributed by atoms with Crippen LogP contribution in [-0.4, -0.2) is 37.2 Å². The first-order chi connectivity index (χ1) is 17.4. The van der Waals surface area contributed by atoms with Gasteiger partial charge >= 0.3 is 5.97 Å². The van der Waals surface area contributed by atoms with Gasteiger partial charge in [-0.05, 0) is 17.7 Å². The van der Waals surface area contributed by atoms with Gasteiger partial charge in [0.2, 0.25) is 12.5 Å². The predicted molar refractivity (Wildman–Crippen MR) is 129 cm³/mol. The fourth-order valence-electron chi connectivity index (χ4n) is 4.39. The molecule has 0 radical (unpaired) electrons. The maximum atomic E-state index is 13.1. The predicted octanol–water partition coefficient (Wildman–Crippen LogP) is 4.30. The minimum atomic E-state index is -0.863. The first-order valence-corrected chi connectivity index (χ1v) is 11.0. The zero-order valence-corrected chi connectivity index (χ0v) is 19.4. The second-order valence-electron chi connectivity index (χ2n) is 8.16. The number of phenolic OH excluding ortho intramolecular Hbond substituents is 2. The number of methoxy groups -OCH3 is 2. The quantitative estimate of drug-likeness (QED) is 0.381. The molecule has 36 heavy (non-hydrogen) atoms. The van der Waals surface area contributed by atoms with Gasteiger partial charge in [0, 0.05) is 29.2 Å². The third kappa shape index (κ3) is 3.94. The van der Waals surface area contributed by atoms with Crippen LogP contribution >= 0.6 is 0 Å². The highest BCUT2D eigenvalue weighted by molar-refractivity contribution is 5.90. The number of benzene rings is 3. The molecule has 0 amide bonds. The van der Waals surface area contributed by atoms with Crippen LogP contribution in [0.1, 0.15) is 23.5 Å².